The van der Waals surface area contributed by atoms with Crippen molar-refractivity contribution in [3.05, 3.63) is 117 Å². The van der Waals surface area contributed by atoms with Gasteiger partial charge in [0.25, 0.3) is 10.9 Å². The number of ether oxygens (including phenoxy) is 1. The van der Waals surface area contributed by atoms with Crippen molar-refractivity contribution in [3.63, 3.8) is 0 Å². The lowest BCUT2D eigenvalue weighted by atomic mass is 10.0. The molecule has 2 unspecified atom stereocenters. The molecule has 0 fully saturated rings. The van der Waals surface area contributed by atoms with Crippen molar-refractivity contribution in [2.45, 2.75) is 28.9 Å². The van der Waals surface area contributed by atoms with Crippen LogP contribution in [0, 0.1) is 0 Å². The van der Waals surface area contributed by atoms with E-state index in [0.717, 1.165) is 12.2 Å². The molecule has 0 aliphatic heterocycles. The summed E-state index contributed by atoms with van der Waals surface area (Å²) in [6.07, 6.45) is 2.91. The molecule has 1 aliphatic rings. The van der Waals surface area contributed by atoms with Crippen LogP contribution in [0.5, 0.6) is 5.75 Å². The summed E-state index contributed by atoms with van der Waals surface area (Å²) < 4.78 is 63.0. The Kier molecular flexibility index (Phi) is 10.3. The van der Waals surface area contributed by atoms with Gasteiger partial charge in [-0.2, -0.15) is 0 Å². The van der Waals surface area contributed by atoms with Crippen molar-refractivity contribution in [1.29, 1.82) is 0 Å². The molecule has 1 N–H and O–H groups in total. The van der Waals surface area contributed by atoms with E-state index in [1.165, 1.54) is 35.2 Å². The number of nitrogens with zero attached hydrogens (tertiary/aromatic N) is 1. The third-order valence-electron chi connectivity index (χ3n) is 6.65. The van der Waals surface area contributed by atoms with E-state index < -0.39 is 26.7 Å². The summed E-state index contributed by atoms with van der Waals surface area (Å²) in [5.74, 6) is -0.510. The Balaban J connectivity index is 1.39. The van der Waals surface area contributed by atoms with Crippen LogP contribution in [0.25, 0.3) is 0 Å². The summed E-state index contributed by atoms with van der Waals surface area (Å²) in [6.45, 7) is 0.635. The van der Waals surface area contributed by atoms with Crippen LogP contribution in [0.4, 0.5) is 8.78 Å². The maximum atomic E-state index is 16.3. The Bertz CT molecular complexity index is 1620. The summed E-state index contributed by atoms with van der Waals surface area (Å²) in [5, 5.41) is 0.821. The Morgan fingerprint density at radius 1 is 1.05 bits per heavy atom. The summed E-state index contributed by atoms with van der Waals surface area (Å²) in [6, 6.07) is 15.2. The summed E-state index contributed by atoms with van der Waals surface area (Å²) >= 11 is 17.8. The molecule has 4 rings (SSSR count). The van der Waals surface area contributed by atoms with Crippen LogP contribution in [-0.2, 0) is 16.4 Å². The molecule has 6 nitrogen and oxygen atoms in total. The Morgan fingerprint density at radius 3 is 2.48 bits per heavy atom. The predicted octanol–water partition coefficient (Wildman–Crippen LogP) is 7.21. The number of benzene rings is 3. The predicted molar refractivity (Wildman–Crippen MR) is 161 cm³/mol. The largest absolute Gasteiger partial charge is 0.493 e. The second-order valence-corrected chi connectivity index (χ2v) is 12.9. The van der Waals surface area contributed by atoms with E-state index in [-0.39, 0.29) is 24.0 Å². The standard InChI is InChI=1S/C30H27Cl3F2N2O4S/c1-37(29(38)20-7-12-25(32)26(33)17-20)15-4-16-41-27-6-3-2-5-21(27)19-36-28-18-23(34)13-14-30(28,35)42(39,40)24-10-8-22(31)9-11-24/h2-3,5-14,17-18,28,36H,4,15-16,19H2,1H3. The molecular weight excluding hydrogens is 629 g/mol. The summed E-state index contributed by atoms with van der Waals surface area (Å²) in [5.41, 5.74) is 1.02. The van der Waals surface area contributed by atoms with Gasteiger partial charge in [0.2, 0.25) is 9.84 Å². The van der Waals surface area contributed by atoms with Gasteiger partial charge in [0.05, 0.1) is 27.6 Å². The minimum Gasteiger partial charge on any atom is -0.493 e. The minimum atomic E-state index is -4.59. The number of carbonyl (C=O) groups is 1. The van der Waals surface area contributed by atoms with Gasteiger partial charge in [-0.05, 0) is 73.2 Å². The zero-order valence-corrected chi connectivity index (χ0v) is 25.5. The molecule has 0 spiro atoms. The lowest BCUT2D eigenvalue weighted by Crippen LogP contribution is -2.51. The van der Waals surface area contributed by atoms with Crippen molar-refractivity contribution in [2.24, 2.45) is 0 Å². The van der Waals surface area contributed by atoms with Crippen LogP contribution in [0.1, 0.15) is 22.3 Å². The Morgan fingerprint density at radius 2 is 1.76 bits per heavy atom. The minimum absolute atomic E-state index is 0.0179. The lowest BCUT2D eigenvalue weighted by Gasteiger charge is -2.32. The maximum Gasteiger partial charge on any atom is 0.253 e. The first-order chi connectivity index (χ1) is 19.9. The van der Waals surface area contributed by atoms with E-state index in [9.17, 15) is 17.6 Å². The molecule has 0 radical (unpaired) electrons. The molecule has 0 saturated heterocycles. The van der Waals surface area contributed by atoms with Gasteiger partial charge >= 0.3 is 0 Å². The fourth-order valence-electron chi connectivity index (χ4n) is 4.32. The van der Waals surface area contributed by atoms with Crippen LogP contribution in [0.15, 0.2) is 95.7 Å². The normalized spacial score (nSPS) is 18.4. The number of carbonyl (C=O) groups excluding carboxylic acids is 1. The van der Waals surface area contributed by atoms with Crippen LogP contribution < -0.4 is 10.1 Å². The van der Waals surface area contributed by atoms with Crippen molar-refractivity contribution < 1.29 is 26.7 Å². The van der Waals surface area contributed by atoms with E-state index in [1.54, 1.807) is 43.4 Å². The Hall–Kier alpha value is -2.95. The second kappa shape index (κ2) is 13.6. The number of sulfone groups is 1. The molecule has 0 saturated carbocycles. The van der Waals surface area contributed by atoms with Crippen molar-refractivity contribution >= 4 is 50.5 Å². The van der Waals surface area contributed by atoms with Crippen molar-refractivity contribution in [3.8, 4) is 5.75 Å². The van der Waals surface area contributed by atoms with E-state index in [2.05, 4.69) is 5.32 Å². The van der Waals surface area contributed by atoms with Gasteiger partial charge in [-0.15, -0.1) is 0 Å². The smallest absolute Gasteiger partial charge is 0.253 e. The highest BCUT2D eigenvalue weighted by Gasteiger charge is 2.50. The number of hydrogen-bond donors (Lipinski definition) is 1. The molecule has 0 bridgehead atoms. The number of alkyl halides is 1. The third kappa shape index (κ3) is 7.15. The Labute approximate surface area is 258 Å². The molecule has 0 aromatic heterocycles. The summed E-state index contributed by atoms with van der Waals surface area (Å²) in [7, 11) is -2.92. The highest BCUT2D eigenvalue weighted by atomic mass is 35.5. The monoisotopic (exact) mass is 654 g/mol. The zero-order valence-electron chi connectivity index (χ0n) is 22.4. The maximum absolute atomic E-state index is 16.3. The molecule has 1 aliphatic carbocycles. The third-order valence-corrected chi connectivity index (χ3v) is 9.75. The fraction of sp³-hybridized carbons (Fsp3) is 0.233. The van der Waals surface area contributed by atoms with Gasteiger partial charge in [0.15, 0.2) is 0 Å². The number of nitrogens with one attached hydrogen (secondary N) is 1. The first-order valence-corrected chi connectivity index (χ1v) is 15.4. The van der Waals surface area contributed by atoms with Crippen molar-refractivity contribution in [2.75, 3.05) is 20.2 Å². The molecule has 0 heterocycles. The molecule has 2 atom stereocenters. The average Bonchev–Trinajstić information content (AvgIpc) is 2.97. The topological polar surface area (TPSA) is 75.7 Å². The molecule has 3 aromatic carbocycles. The molecule has 42 heavy (non-hydrogen) atoms. The van der Waals surface area contributed by atoms with Gasteiger partial charge in [-0.25, -0.2) is 17.2 Å². The van der Waals surface area contributed by atoms with Gasteiger partial charge in [0.1, 0.15) is 11.6 Å². The number of allylic oxidation sites excluding steroid dienone is 2. The van der Waals surface area contributed by atoms with Crippen LogP contribution in [-0.4, -0.2) is 50.5 Å². The van der Waals surface area contributed by atoms with Gasteiger partial charge in [-0.1, -0.05) is 53.0 Å². The van der Waals surface area contributed by atoms with E-state index in [1.807, 2.05) is 0 Å². The van der Waals surface area contributed by atoms with E-state index in [0.29, 0.717) is 51.0 Å². The van der Waals surface area contributed by atoms with Crippen LogP contribution in [0.2, 0.25) is 15.1 Å². The molecular formula is C30H27Cl3F2N2O4S. The fourth-order valence-corrected chi connectivity index (χ4v) is 6.33. The van der Waals surface area contributed by atoms with Gasteiger partial charge < -0.3 is 15.0 Å². The highest BCUT2D eigenvalue weighted by molar-refractivity contribution is 7.93. The SMILES string of the molecule is CN(CCCOc1ccccc1CNC1C=C(F)C=CC1(F)S(=O)(=O)c1ccc(Cl)cc1)C(=O)c1ccc(Cl)c(Cl)c1. The number of amides is 1. The quantitative estimate of drug-likeness (QED) is 0.221. The zero-order chi connectivity index (χ0) is 30.5. The molecule has 12 heteroatoms. The number of halogens is 5. The molecule has 222 valence electrons. The number of para-hydroxylation sites is 1. The number of hydrogen-bond acceptors (Lipinski definition) is 5. The van der Waals surface area contributed by atoms with Crippen molar-refractivity contribution in [1.82, 2.24) is 10.2 Å². The first kappa shape index (κ1) is 32.0. The number of rotatable bonds is 11. The highest BCUT2D eigenvalue weighted by Crippen LogP contribution is 2.37. The second-order valence-electron chi connectivity index (χ2n) is 9.56. The van der Waals surface area contributed by atoms with Gasteiger partial charge in [-0.3, -0.25) is 4.79 Å². The summed E-state index contributed by atoms with van der Waals surface area (Å²) in [4.78, 5) is 13.9. The molecule has 3 aromatic rings. The van der Waals surface area contributed by atoms with Crippen LogP contribution >= 0.6 is 34.8 Å². The van der Waals surface area contributed by atoms with Gasteiger partial charge in [0, 0.05) is 36.3 Å². The molecule has 1 amide bonds. The lowest BCUT2D eigenvalue weighted by molar-refractivity contribution is 0.0787. The van der Waals surface area contributed by atoms with E-state index in [4.69, 9.17) is 39.5 Å². The first-order valence-electron chi connectivity index (χ1n) is 12.8. The van der Waals surface area contributed by atoms with E-state index >= 15 is 4.39 Å². The average molecular weight is 656 g/mol. The van der Waals surface area contributed by atoms with Crippen LogP contribution in [0.3, 0.4) is 0 Å².